The Morgan fingerprint density at radius 2 is 1.60 bits per heavy atom. The van der Waals surface area contributed by atoms with Crippen LogP contribution in [0.3, 0.4) is 0 Å². The van der Waals surface area contributed by atoms with E-state index in [1.165, 1.54) is 37.8 Å². The van der Waals surface area contributed by atoms with E-state index in [4.69, 9.17) is 0 Å². The molecule has 0 N–H and O–H groups in total. The van der Waals surface area contributed by atoms with Gasteiger partial charge in [-0.1, -0.05) is 44.7 Å². The van der Waals surface area contributed by atoms with Crippen LogP contribution in [0.2, 0.25) is 0 Å². The maximum Gasteiger partial charge on any atom is 0.133 e. The molecule has 0 saturated heterocycles. The third-order valence-electron chi connectivity index (χ3n) is 7.04. The number of rotatable bonds is 6. The van der Waals surface area contributed by atoms with Gasteiger partial charge < -0.3 is 0 Å². The molecule has 0 aliphatic heterocycles. The Bertz CT molecular complexity index is 897. The van der Waals surface area contributed by atoms with Crippen LogP contribution < -0.4 is 0 Å². The zero-order chi connectivity index (χ0) is 21.1. The topological polar surface area (TPSA) is 0 Å². The fourth-order valence-corrected chi connectivity index (χ4v) is 5.26. The summed E-state index contributed by atoms with van der Waals surface area (Å²) in [6, 6.07) is 7.76. The molecule has 0 unspecified atom stereocenters. The largest absolute Gasteiger partial charge is 0.207 e. The molecule has 160 valence electrons. The van der Waals surface area contributed by atoms with Gasteiger partial charge in [-0.15, -0.1) is 0 Å². The van der Waals surface area contributed by atoms with Crippen LogP contribution in [-0.2, 0) is 12.8 Å². The van der Waals surface area contributed by atoms with Gasteiger partial charge in [0, 0.05) is 5.56 Å². The SMILES string of the molecule is CCCCCC1CCC(c2cc(F)c(C3=CCc4ccc(F)cc4C3)c(F)c2)CC1. The van der Waals surface area contributed by atoms with Crippen LogP contribution in [0, 0.1) is 23.4 Å². The third-order valence-corrected chi connectivity index (χ3v) is 7.04. The highest BCUT2D eigenvalue weighted by molar-refractivity contribution is 5.71. The van der Waals surface area contributed by atoms with Crippen molar-refractivity contribution in [1.29, 1.82) is 0 Å². The molecule has 0 aromatic heterocycles. The summed E-state index contributed by atoms with van der Waals surface area (Å²) in [6.45, 7) is 2.23. The number of benzene rings is 2. The summed E-state index contributed by atoms with van der Waals surface area (Å²) in [5, 5.41) is 0. The van der Waals surface area contributed by atoms with Gasteiger partial charge in [-0.05, 0) is 96.9 Å². The molecule has 0 spiro atoms. The molecule has 30 heavy (non-hydrogen) atoms. The molecule has 1 saturated carbocycles. The van der Waals surface area contributed by atoms with Crippen molar-refractivity contribution < 1.29 is 13.2 Å². The molecule has 3 heteroatoms. The molecule has 2 aromatic carbocycles. The zero-order valence-corrected chi connectivity index (χ0v) is 17.8. The number of fused-ring (bicyclic) bond motifs is 1. The number of allylic oxidation sites excluding steroid dienone is 2. The molecular formula is C27H31F3. The van der Waals surface area contributed by atoms with E-state index >= 15 is 8.78 Å². The third kappa shape index (κ3) is 4.66. The van der Waals surface area contributed by atoms with Crippen molar-refractivity contribution in [3.8, 4) is 0 Å². The lowest BCUT2D eigenvalue weighted by Crippen LogP contribution is -2.14. The monoisotopic (exact) mass is 412 g/mol. The molecule has 4 rings (SSSR count). The van der Waals surface area contributed by atoms with Crippen molar-refractivity contribution in [3.05, 3.63) is 76.1 Å². The standard InChI is InChI=1S/C27H31F3/c1-2-3-4-5-18-6-8-19(9-7-18)23-16-25(29)27(26(30)17-23)21-11-10-20-12-13-24(28)15-22(20)14-21/h11-13,15-19H,2-10,14H2,1H3. The molecule has 2 aliphatic carbocycles. The highest BCUT2D eigenvalue weighted by Gasteiger charge is 2.25. The predicted molar refractivity (Wildman–Crippen MR) is 117 cm³/mol. The minimum Gasteiger partial charge on any atom is -0.207 e. The predicted octanol–water partition coefficient (Wildman–Crippen LogP) is 8.14. The van der Waals surface area contributed by atoms with Crippen LogP contribution in [0.15, 0.2) is 36.4 Å². The highest BCUT2D eigenvalue weighted by Crippen LogP contribution is 2.40. The molecule has 0 radical (unpaired) electrons. The summed E-state index contributed by atoms with van der Waals surface area (Å²) in [5.41, 5.74) is 3.31. The second kappa shape index (κ2) is 9.41. The number of halogens is 3. The van der Waals surface area contributed by atoms with E-state index in [1.807, 2.05) is 6.08 Å². The average Bonchev–Trinajstić information content (AvgIpc) is 2.73. The zero-order valence-electron chi connectivity index (χ0n) is 17.8. The first-order valence-corrected chi connectivity index (χ1v) is 11.5. The fraction of sp³-hybridized carbons (Fsp3) is 0.481. The average molecular weight is 413 g/mol. The maximum atomic E-state index is 15.0. The summed E-state index contributed by atoms with van der Waals surface area (Å²) in [7, 11) is 0. The van der Waals surface area contributed by atoms with Gasteiger partial charge >= 0.3 is 0 Å². The van der Waals surface area contributed by atoms with E-state index in [1.54, 1.807) is 18.2 Å². The summed E-state index contributed by atoms with van der Waals surface area (Å²) >= 11 is 0. The summed E-state index contributed by atoms with van der Waals surface area (Å²) in [6.07, 6.45) is 12.3. The van der Waals surface area contributed by atoms with Crippen molar-refractivity contribution in [2.75, 3.05) is 0 Å². The fourth-order valence-electron chi connectivity index (χ4n) is 5.26. The summed E-state index contributed by atoms with van der Waals surface area (Å²) in [5.74, 6) is -0.255. The van der Waals surface area contributed by atoms with Gasteiger partial charge in [0.25, 0.3) is 0 Å². The van der Waals surface area contributed by atoms with Crippen molar-refractivity contribution in [3.63, 3.8) is 0 Å². The highest BCUT2D eigenvalue weighted by atomic mass is 19.1. The van der Waals surface area contributed by atoms with E-state index in [2.05, 4.69) is 6.92 Å². The summed E-state index contributed by atoms with van der Waals surface area (Å²) in [4.78, 5) is 0. The molecule has 2 aromatic rings. The van der Waals surface area contributed by atoms with Gasteiger partial charge in [-0.3, -0.25) is 0 Å². The Morgan fingerprint density at radius 3 is 2.30 bits per heavy atom. The Balaban J connectivity index is 1.46. The number of unbranched alkanes of at least 4 members (excludes halogenated alkanes) is 2. The van der Waals surface area contributed by atoms with Gasteiger partial charge in [0.1, 0.15) is 17.5 Å². The quantitative estimate of drug-likeness (QED) is 0.420. The van der Waals surface area contributed by atoms with Crippen LogP contribution in [0.4, 0.5) is 13.2 Å². The van der Waals surface area contributed by atoms with Crippen LogP contribution in [-0.4, -0.2) is 0 Å². The first-order valence-electron chi connectivity index (χ1n) is 11.5. The van der Waals surface area contributed by atoms with Crippen LogP contribution >= 0.6 is 0 Å². The lowest BCUT2D eigenvalue weighted by Gasteiger charge is -2.29. The minimum absolute atomic E-state index is 0.0573. The second-order valence-electron chi connectivity index (χ2n) is 9.10. The Labute approximate surface area is 178 Å². The van der Waals surface area contributed by atoms with E-state index in [0.29, 0.717) is 18.4 Å². The Morgan fingerprint density at radius 1 is 0.867 bits per heavy atom. The normalized spacial score (nSPS) is 21.3. The van der Waals surface area contributed by atoms with Gasteiger partial charge in [0.2, 0.25) is 0 Å². The molecule has 1 fully saturated rings. The van der Waals surface area contributed by atoms with E-state index in [9.17, 15) is 4.39 Å². The van der Waals surface area contributed by atoms with Gasteiger partial charge in [-0.2, -0.15) is 0 Å². The number of hydrogen-bond acceptors (Lipinski definition) is 0. The van der Waals surface area contributed by atoms with E-state index in [0.717, 1.165) is 48.3 Å². The molecule has 0 atom stereocenters. The van der Waals surface area contributed by atoms with E-state index < -0.39 is 11.6 Å². The molecular weight excluding hydrogens is 381 g/mol. The van der Waals surface area contributed by atoms with Crippen LogP contribution in [0.1, 0.15) is 86.5 Å². The first-order chi connectivity index (χ1) is 14.5. The molecule has 0 heterocycles. The lowest BCUT2D eigenvalue weighted by atomic mass is 9.76. The van der Waals surface area contributed by atoms with Crippen LogP contribution in [0.25, 0.3) is 5.57 Å². The van der Waals surface area contributed by atoms with Crippen molar-refractivity contribution in [2.45, 2.75) is 77.0 Å². The Kier molecular flexibility index (Phi) is 6.65. The van der Waals surface area contributed by atoms with Crippen molar-refractivity contribution in [1.82, 2.24) is 0 Å². The molecule has 0 nitrogen and oxygen atoms in total. The lowest BCUT2D eigenvalue weighted by molar-refractivity contribution is 0.302. The smallest absolute Gasteiger partial charge is 0.133 e. The Hall–Kier alpha value is -2.03. The van der Waals surface area contributed by atoms with E-state index in [-0.39, 0.29) is 17.3 Å². The molecule has 0 bridgehead atoms. The van der Waals surface area contributed by atoms with Crippen molar-refractivity contribution in [2.24, 2.45) is 5.92 Å². The maximum absolute atomic E-state index is 15.0. The van der Waals surface area contributed by atoms with Crippen LogP contribution in [0.5, 0.6) is 0 Å². The minimum atomic E-state index is -0.485. The molecule has 2 aliphatic rings. The second-order valence-corrected chi connectivity index (χ2v) is 9.10. The van der Waals surface area contributed by atoms with Gasteiger partial charge in [0.05, 0.1) is 0 Å². The first kappa shape index (κ1) is 21.2. The summed E-state index contributed by atoms with van der Waals surface area (Å²) < 4.78 is 43.7. The van der Waals surface area contributed by atoms with Gasteiger partial charge in [0.15, 0.2) is 0 Å². The van der Waals surface area contributed by atoms with Crippen molar-refractivity contribution >= 4 is 5.57 Å². The van der Waals surface area contributed by atoms with Gasteiger partial charge in [-0.25, -0.2) is 13.2 Å². The number of hydrogen-bond donors (Lipinski definition) is 0. The molecule has 0 amide bonds.